The van der Waals surface area contributed by atoms with Crippen LogP contribution in [0, 0.1) is 68.0 Å². The van der Waals surface area contributed by atoms with Gasteiger partial charge in [0.05, 0.1) is 128 Å². The first kappa shape index (κ1) is 32.7. The maximum absolute atomic E-state index is 9.00. The second-order valence-electron chi connectivity index (χ2n) is 7.09. The zero-order chi connectivity index (χ0) is 26.7. The number of hydrogen-bond donors (Lipinski definition) is 0. The fourth-order valence-corrected chi connectivity index (χ4v) is 2.93. The molecule has 0 rings (SSSR count). The summed E-state index contributed by atoms with van der Waals surface area (Å²) in [4.78, 5) is 0. The molecule has 0 aromatic rings. The lowest BCUT2D eigenvalue weighted by Crippen LogP contribution is -2.52. The molecule has 0 saturated heterocycles. The van der Waals surface area contributed by atoms with E-state index in [9.17, 15) is 0 Å². The van der Waals surface area contributed by atoms with Crippen molar-refractivity contribution in [2.45, 2.75) is 62.9 Å². The molecule has 0 N–H and O–H groups in total. The van der Waals surface area contributed by atoms with Gasteiger partial charge in [0.2, 0.25) is 0 Å². The topological polar surface area (TPSA) is 198 Å². The van der Waals surface area contributed by atoms with Crippen molar-refractivity contribution in [2.24, 2.45) is 0 Å². The molecule has 0 saturated carbocycles. The molecule has 0 aromatic carbocycles. The molecule has 0 spiro atoms. The highest BCUT2D eigenvalue weighted by molar-refractivity contribution is 4.88. The van der Waals surface area contributed by atoms with Crippen molar-refractivity contribution in [3.05, 3.63) is 0 Å². The molecule has 194 valence electrons. The van der Waals surface area contributed by atoms with Crippen LogP contribution < -0.4 is 0 Å². The molecule has 0 bridgehead atoms. The molecule has 0 unspecified atom stereocenters. The monoisotopic (exact) mass is 500 g/mol. The Bertz CT molecular complexity index is 748. The largest absolute Gasteiger partial charge is 0.378 e. The second kappa shape index (κ2) is 24.8. The fourth-order valence-electron chi connectivity index (χ4n) is 2.93. The van der Waals surface area contributed by atoms with Gasteiger partial charge in [0.25, 0.3) is 0 Å². The van der Waals surface area contributed by atoms with Crippen LogP contribution in [0.2, 0.25) is 0 Å². The van der Waals surface area contributed by atoms with Crippen molar-refractivity contribution in [1.82, 2.24) is 0 Å². The molecule has 0 aromatic heterocycles. The van der Waals surface area contributed by atoms with Crippen LogP contribution in [0.15, 0.2) is 0 Å². The van der Waals surface area contributed by atoms with Crippen molar-refractivity contribution in [1.29, 1.82) is 31.6 Å². The molecule has 0 fully saturated rings. The summed E-state index contributed by atoms with van der Waals surface area (Å²) in [5.74, 6) is 0. The Morgan fingerprint density at radius 1 is 0.389 bits per heavy atom. The van der Waals surface area contributed by atoms with Gasteiger partial charge in [-0.15, -0.1) is 0 Å². The maximum atomic E-state index is 9.00. The van der Waals surface area contributed by atoms with E-state index in [4.69, 9.17) is 60.0 Å². The van der Waals surface area contributed by atoms with Gasteiger partial charge in [-0.3, -0.25) is 0 Å². The van der Waals surface area contributed by atoms with Gasteiger partial charge in [-0.05, 0) is 0 Å². The number of nitriles is 6. The molecular weight excluding hydrogens is 468 g/mol. The van der Waals surface area contributed by atoms with E-state index in [1.165, 1.54) is 0 Å². The van der Waals surface area contributed by atoms with Crippen molar-refractivity contribution in [3.63, 3.8) is 0 Å². The highest BCUT2D eigenvalue weighted by atomic mass is 16.6. The first-order chi connectivity index (χ1) is 17.7. The molecule has 0 aliphatic carbocycles. The SMILES string of the molecule is N#CCCOC[C@H](OCCC#N)[C@H](OCCC#N)[C@@H](OCCC#N)[C@@H](COCCC#N)OCCC#N. The van der Waals surface area contributed by atoms with Gasteiger partial charge in [0, 0.05) is 0 Å². The number of rotatable bonds is 23. The third kappa shape index (κ3) is 16.3. The van der Waals surface area contributed by atoms with E-state index in [-0.39, 0.29) is 91.4 Å². The van der Waals surface area contributed by atoms with E-state index >= 15 is 0 Å². The highest BCUT2D eigenvalue weighted by Gasteiger charge is 2.38. The lowest BCUT2D eigenvalue weighted by Gasteiger charge is -2.37. The summed E-state index contributed by atoms with van der Waals surface area (Å²) in [5, 5.41) is 53.4. The summed E-state index contributed by atoms with van der Waals surface area (Å²) in [6.07, 6.45) is -2.57. The maximum Gasteiger partial charge on any atom is 0.115 e. The Morgan fingerprint density at radius 2 is 0.667 bits per heavy atom. The first-order valence-electron chi connectivity index (χ1n) is 11.5. The first-order valence-corrected chi connectivity index (χ1v) is 11.5. The molecule has 0 amide bonds. The van der Waals surface area contributed by atoms with Crippen LogP contribution in [0.1, 0.15) is 38.5 Å². The smallest absolute Gasteiger partial charge is 0.115 e. The zero-order valence-electron chi connectivity index (χ0n) is 20.3. The van der Waals surface area contributed by atoms with Crippen LogP contribution in [-0.4, -0.2) is 77.3 Å². The standard InChI is InChI=1S/C24H32N6O6/c25-7-1-13-31-19-21(33-15-3-9-27)23(35-17-5-11-29)24(36-18-6-12-30)22(34-16-4-10-28)20-32-14-2-8-26/h21-24H,1-6,13-20H2/t21-,22+,23-,24-/m0/s1. The Morgan fingerprint density at radius 3 is 0.972 bits per heavy atom. The van der Waals surface area contributed by atoms with Gasteiger partial charge in [-0.1, -0.05) is 0 Å². The van der Waals surface area contributed by atoms with Gasteiger partial charge in [-0.25, -0.2) is 0 Å². The van der Waals surface area contributed by atoms with Crippen LogP contribution >= 0.6 is 0 Å². The highest BCUT2D eigenvalue weighted by Crippen LogP contribution is 2.21. The van der Waals surface area contributed by atoms with Gasteiger partial charge < -0.3 is 28.4 Å². The molecule has 0 heterocycles. The van der Waals surface area contributed by atoms with Crippen LogP contribution in [-0.2, 0) is 28.4 Å². The third-order valence-electron chi connectivity index (χ3n) is 4.48. The minimum absolute atomic E-state index is 0.00262. The molecule has 12 nitrogen and oxygen atoms in total. The molecule has 36 heavy (non-hydrogen) atoms. The van der Waals surface area contributed by atoms with E-state index in [2.05, 4.69) is 0 Å². The normalized spacial score (nSPS) is 13.5. The van der Waals surface area contributed by atoms with Crippen molar-refractivity contribution in [3.8, 4) is 36.4 Å². The summed E-state index contributed by atoms with van der Waals surface area (Å²) in [6.45, 7) is 0.531. The van der Waals surface area contributed by atoms with Crippen molar-refractivity contribution >= 4 is 0 Å². The van der Waals surface area contributed by atoms with E-state index in [1.54, 1.807) is 0 Å². The number of ether oxygens (including phenoxy) is 6. The number of hydrogen-bond acceptors (Lipinski definition) is 12. The Labute approximate surface area is 212 Å². The Balaban J connectivity index is 6.02. The minimum Gasteiger partial charge on any atom is -0.378 e. The van der Waals surface area contributed by atoms with Gasteiger partial charge >= 0.3 is 0 Å². The van der Waals surface area contributed by atoms with Crippen molar-refractivity contribution < 1.29 is 28.4 Å². The quantitative estimate of drug-likeness (QED) is 0.185. The molecule has 0 radical (unpaired) electrons. The number of nitrogens with zero attached hydrogens (tertiary/aromatic N) is 6. The van der Waals surface area contributed by atoms with Crippen LogP contribution in [0.4, 0.5) is 0 Å². The molecule has 0 aliphatic rings. The Hall–Kier alpha value is -3.30. The van der Waals surface area contributed by atoms with Crippen LogP contribution in [0.3, 0.4) is 0 Å². The molecule has 0 aliphatic heterocycles. The lowest BCUT2D eigenvalue weighted by atomic mass is 10.0. The van der Waals surface area contributed by atoms with Crippen LogP contribution in [0.5, 0.6) is 0 Å². The summed E-state index contributed by atoms with van der Waals surface area (Å²) >= 11 is 0. The molecule has 12 heteroatoms. The Kier molecular flexibility index (Phi) is 22.5. The lowest BCUT2D eigenvalue weighted by molar-refractivity contribution is -0.195. The summed E-state index contributed by atoms with van der Waals surface area (Å²) in [7, 11) is 0. The average molecular weight is 501 g/mol. The summed E-state index contributed by atoms with van der Waals surface area (Å²) in [5.41, 5.74) is 0. The predicted octanol–water partition coefficient (Wildman–Crippen LogP) is 2.04. The average Bonchev–Trinajstić information content (AvgIpc) is 2.88. The van der Waals surface area contributed by atoms with Gasteiger partial charge in [-0.2, -0.15) is 31.6 Å². The van der Waals surface area contributed by atoms with E-state index in [0.717, 1.165) is 0 Å². The van der Waals surface area contributed by atoms with Gasteiger partial charge in [0.15, 0.2) is 0 Å². The second-order valence-corrected chi connectivity index (χ2v) is 7.09. The molecule has 4 atom stereocenters. The predicted molar refractivity (Wildman–Crippen MR) is 122 cm³/mol. The summed E-state index contributed by atoms with van der Waals surface area (Å²) in [6, 6.07) is 12.0. The third-order valence-corrected chi connectivity index (χ3v) is 4.48. The zero-order valence-corrected chi connectivity index (χ0v) is 20.3. The summed E-state index contributed by atoms with van der Waals surface area (Å²) < 4.78 is 35.0. The van der Waals surface area contributed by atoms with Crippen LogP contribution in [0.25, 0.3) is 0 Å². The van der Waals surface area contributed by atoms with E-state index < -0.39 is 24.4 Å². The van der Waals surface area contributed by atoms with Crippen molar-refractivity contribution in [2.75, 3.05) is 52.9 Å². The minimum atomic E-state index is -0.871. The molecular formula is C24H32N6O6. The van der Waals surface area contributed by atoms with E-state index in [1.807, 2.05) is 36.4 Å². The fraction of sp³-hybridized carbons (Fsp3) is 0.750. The van der Waals surface area contributed by atoms with E-state index in [0.29, 0.717) is 0 Å². The van der Waals surface area contributed by atoms with Gasteiger partial charge in [0.1, 0.15) is 24.4 Å².